The van der Waals surface area contributed by atoms with Crippen molar-refractivity contribution >= 4 is 29.5 Å². The molecule has 0 aromatic heterocycles. The van der Waals surface area contributed by atoms with E-state index in [1.807, 2.05) is 0 Å². The highest BCUT2D eigenvalue weighted by Crippen LogP contribution is 2.05. The normalized spacial score (nSPS) is 12.5. The van der Waals surface area contributed by atoms with Crippen LogP contribution in [0.5, 0.6) is 0 Å². The first-order valence-electron chi connectivity index (χ1n) is 4.21. The first-order chi connectivity index (χ1) is 6.22. The van der Waals surface area contributed by atoms with Gasteiger partial charge in [-0.2, -0.15) is 23.5 Å². The van der Waals surface area contributed by atoms with Crippen LogP contribution in [-0.2, 0) is 9.53 Å². The zero-order valence-corrected chi connectivity index (χ0v) is 9.75. The summed E-state index contributed by atoms with van der Waals surface area (Å²) in [5.74, 6) is 2.49. The molecule has 0 spiro atoms. The quantitative estimate of drug-likeness (QED) is 0.515. The van der Waals surface area contributed by atoms with Crippen molar-refractivity contribution in [3.05, 3.63) is 0 Å². The molecule has 0 heterocycles. The van der Waals surface area contributed by atoms with E-state index in [1.54, 1.807) is 30.4 Å². The van der Waals surface area contributed by atoms with Gasteiger partial charge in [-0.05, 0) is 13.2 Å². The minimum absolute atomic E-state index is 0.292. The molecule has 1 atom stereocenters. The molecule has 0 radical (unpaired) electrons. The van der Waals surface area contributed by atoms with Gasteiger partial charge in [0.25, 0.3) is 0 Å². The van der Waals surface area contributed by atoms with E-state index in [2.05, 4.69) is 6.26 Å². The van der Waals surface area contributed by atoms with Gasteiger partial charge in [0.2, 0.25) is 0 Å². The number of thioether (sulfide) groups is 2. The van der Waals surface area contributed by atoms with Gasteiger partial charge in [-0.1, -0.05) is 0 Å². The average molecular weight is 223 g/mol. The highest BCUT2D eigenvalue weighted by molar-refractivity contribution is 8.02. The smallest absolute Gasteiger partial charge is 0.323 e. The predicted molar refractivity (Wildman–Crippen MR) is 60.3 cm³/mol. The van der Waals surface area contributed by atoms with Crippen LogP contribution in [0.2, 0.25) is 0 Å². The molecule has 13 heavy (non-hydrogen) atoms. The minimum Gasteiger partial charge on any atom is -0.465 e. The van der Waals surface area contributed by atoms with Crippen molar-refractivity contribution in [2.24, 2.45) is 5.73 Å². The van der Waals surface area contributed by atoms with Gasteiger partial charge in [0.1, 0.15) is 6.04 Å². The molecular weight excluding hydrogens is 206 g/mol. The zero-order chi connectivity index (χ0) is 10.1. The number of hydrogen-bond acceptors (Lipinski definition) is 5. The number of carbonyl (C=O) groups excluding carboxylic acids is 1. The van der Waals surface area contributed by atoms with E-state index in [-0.39, 0.29) is 5.97 Å². The average Bonchev–Trinajstić information content (AvgIpc) is 2.12. The van der Waals surface area contributed by atoms with Gasteiger partial charge in [-0.3, -0.25) is 4.79 Å². The largest absolute Gasteiger partial charge is 0.465 e. The van der Waals surface area contributed by atoms with Crippen molar-refractivity contribution < 1.29 is 9.53 Å². The van der Waals surface area contributed by atoms with Gasteiger partial charge in [-0.25, -0.2) is 0 Å². The number of rotatable bonds is 7. The van der Waals surface area contributed by atoms with E-state index >= 15 is 0 Å². The number of hydrogen-bond donors (Lipinski definition) is 1. The van der Waals surface area contributed by atoms with Gasteiger partial charge < -0.3 is 10.5 Å². The highest BCUT2D eigenvalue weighted by Gasteiger charge is 2.13. The summed E-state index contributed by atoms with van der Waals surface area (Å²) < 4.78 is 4.78. The third kappa shape index (κ3) is 7.22. The maximum atomic E-state index is 11.0. The molecular formula is C8H17NO2S2. The number of carbonyl (C=O) groups is 1. The molecule has 0 saturated carbocycles. The maximum absolute atomic E-state index is 11.0. The zero-order valence-electron chi connectivity index (χ0n) is 8.12. The molecule has 5 heteroatoms. The van der Waals surface area contributed by atoms with Crippen molar-refractivity contribution in [1.29, 1.82) is 0 Å². The number of ether oxygens (including phenoxy) is 1. The lowest BCUT2D eigenvalue weighted by molar-refractivity contribution is -0.144. The Hall–Kier alpha value is 0.130. The van der Waals surface area contributed by atoms with Crippen molar-refractivity contribution in [1.82, 2.24) is 0 Å². The molecule has 0 bridgehead atoms. The first kappa shape index (κ1) is 13.1. The standard InChI is InChI=1S/C8H17NO2S2/c1-3-11-8(10)7(9)6-13-5-4-12-2/h7H,3-6,9H2,1-2H3. The highest BCUT2D eigenvalue weighted by atomic mass is 32.2. The van der Waals surface area contributed by atoms with Crippen LogP contribution in [-0.4, -0.2) is 42.1 Å². The van der Waals surface area contributed by atoms with Crippen molar-refractivity contribution in [2.75, 3.05) is 30.1 Å². The molecule has 0 aliphatic carbocycles. The van der Waals surface area contributed by atoms with Crippen LogP contribution in [0, 0.1) is 0 Å². The monoisotopic (exact) mass is 223 g/mol. The van der Waals surface area contributed by atoms with Crippen molar-refractivity contribution in [2.45, 2.75) is 13.0 Å². The summed E-state index contributed by atoms with van der Waals surface area (Å²) in [4.78, 5) is 11.0. The van der Waals surface area contributed by atoms with Crippen molar-refractivity contribution in [3.8, 4) is 0 Å². The Labute approximate surface area is 88.2 Å². The molecule has 1 unspecified atom stereocenters. The van der Waals surface area contributed by atoms with Gasteiger partial charge in [0.15, 0.2) is 0 Å². The Morgan fingerprint density at radius 2 is 2.23 bits per heavy atom. The molecule has 0 aromatic carbocycles. The third-order valence-electron chi connectivity index (χ3n) is 1.32. The lowest BCUT2D eigenvalue weighted by Gasteiger charge is -2.09. The molecule has 2 N–H and O–H groups in total. The summed E-state index contributed by atoms with van der Waals surface area (Å²) in [7, 11) is 0. The van der Waals surface area contributed by atoms with E-state index < -0.39 is 6.04 Å². The van der Waals surface area contributed by atoms with E-state index in [9.17, 15) is 4.79 Å². The van der Waals surface area contributed by atoms with Crippen LogP contribution in [0.4, 0.5) is 0 Å². The van der Waals surface area contributed by atoms with Crippen LogP contribution in [0.1, 0.15) is 6.92 Å². The van der Waals surface area contributed by atoms with Gasteiger partial charge in [0, 0.05) is 17.3 Å². The fourth-order valence-corrected chi connectivity index (χ4v) is 2.36. The summed E-state index contributed by atoms with van der Waals surface area (Å²) in [5.41, 5.74) is 5.58. The SMILES string of the molecule is CCOC(=O)C(N)CSCCSC. The fraction of sp³-hybridized carbons (Fsp3) is 0.875. The Morgan fingerprint density at radius 1 is 1.54 bits per heavy atom. The summed E-state index contributed by atoms with van der Waals surface area (Å²) in [6.45, 7) is 2.19. The van der Waals surface area contributed by atoms with Crippen LogP contribution in [0.15, 0.2) is 0 Å². The molecule has 0 aromatic rings. The molecule has 0 fully saturated rings. The lowest BCUT2D eigenvalue weighted by atomic mass is 10.4. The Balaban J connectivity index is 3.38. The van der Waals surface area contributed by atoms with E-state index in [0.29, 0.717) is 12.4 Å². The van der Waals surface area contributed by atoms with Crippen LogP contribution < -0.4 is 5.73 Å². The summed E-state index contributed by atoms with van der Waals surface area (Å²) in [5, 5.41) is 0. The molecule has 0 amide bonds. The molecule has 0 rings (SSSR count). The molecule has 3 nitrogen and oxygen atoms in total. The fourth-order valence-electron chi connectivity index (χ4n) is 0.670. The predicted octanol–water partition coefficient (Wildman–Crippen LogP) is 0.973. The van der Waals surface area contributed by atoms with Gasteiger partial charge in [0.05, 0.1) is 6.61 Å². The van der Waals surface area contributed by atoms with Crippen LogP contribution in [0.25, 0.3) is 0 Å². The van der Waals surface area contributed by atoms with Crippen LogP contribution in [0.3, 0.4) is 0 Å². The summed E-state index contributed by atoms with van der Waals surface area (Å²) in [6.07, 6.45) is 2.06. The summed E-state index contributed by atoms with van der Waals surface area (Å²) >= 11 is 3.49. The van der Waals surface area contributed by atoms with Gasteiger partial charge >= 0.3 is 5.97 Å². The Kier molecular flexibility index (Phi) is 8.80. The van der Waals surface area contributed by atoms with E-state index in [1.165, 1.54) is 0 Å². The minimum atomic E-state index is -0.466. The Bertz CT molecular complexity index is 144. The van der Waals surface area contributed by atoms with Crippen LogP contribution >= 0.6 is 23.5 Å². The second kappa shape index (κ2) is 8.72. The lowest BCUT2D eigenvalue weighted by Crippen LogP contribution is -2.34. The molecule has 0 aliphatic rings. The number of esters is 1. The molecule has 0 aliphatic heterocycles. The second-order valence-electron chi connectivity index (χ2n) is 2.43. The third-order valence-corrected chi connectivity index (χ3v) is 3.28. The van der Waals surface area contributed by atoms with E-state index in [4.69, 9.17) is 10.5 Å². The Morgan fingerprint density at radius 3 is 2.77 bits per heavy atom. The first-order valence-corrected chi connectivity index (χ1v) is 6.76. The summed E-state index contributed by atoms with van der Waals surface area (Å²) in [6, 6.07) is -0.466. The molecule has 78 valence electrons. The topological polar surface area (TPSA) is 52.3 Å². The van der Waals surface area contributed by atoms with Gasteiger partial charge in [-0.15, -0.1) is 0 Å². The second-order valence-corrected chi connectivity index (χ2v) is 4.56. The van der Waals surface area contributed by atoms with E-state index in [0.717, 1.165) is 11.5 Å². The maximum Gasteiger partial charge on any atom is 0.323 e. The molecule has 0 saturated heterocycles. The van der Waals surface area contributed by atoms with Crippen molar-refractivity contribution in [3.63, 3.8) is 0 Å². The number of nitrogens with two attached hydrogens (primary N) is 1.